The lowest BCUT2D eigenvalue weighted by atomic mass is 9.97. The number of aromatic nitrogens is 3. The SMILES string of the molecule is Cc1cccc(NC(=O)c2c[nH]n3c(=O)c4c(nc23)CCCC4)c1. The molecule has 0 saturated carbocycles. The lowest BCUT2D eigenvalue weighted by Crippen LogP contribution is -2.25. The number of hydrogen-bond acceptors (Lipinski definition) is 3. The molecule has 0 spiro atoms. The van der Waals surface area contributed by atoms with E-state index in [0.29, 0.717) is 11.2 Å². The fourth-order valence-electron chi connectivity index (χ4n) is 3.23. The maximum absolute atomic E-state index is 12.6. The van der Waals surface area contributed by atoms with Crippen LogP contribution in [0, 0.1) is 6.92 Å². The van der Waals surface area contributed by atoms with Crippen molar-refractivity contribution in [3.05, 3.63) is 63.2 Å². The Labute approximate surface area is 138 Å². The largest absolute Gasteiger partial charge is 0.322 e. The number of aromatic amines is 1. The van der Waals surface area contributed by atoms with Crippen LogP contribution >= 0.6 is 0 Å². The third kappa shape index (κ3) is 2.40. The van der Waals surface area contributed by atoms with Crippen LogP contribution in [0.5, 0.6) is 0 Å². The van der Waals surface area contributed by atoms with Crippen LogP contribution in [0.15, 0.2) is 35.3 Å². The van der Waals surface area contributed by atoms with Crippen LogP contribution in [0.1, 0.15) is 40.0 Å². The van der Waals surface area contributed by atoms with Crippen LogP contribution in [0.4, 0.5) is 5.69 Å². The Hall–Kier alpha value is -2.89. The summed E-state index contributed by atoms with van der Waals surface area (Å²) < 4.78 is 1.37. The molecule has 24 heavy (non-hydrogen) atoms. The van der Waals surface area contributed by atoms with Crippen LogP contribution in [0.25, 0.3) is 5.65 Å². The van der Waals surface area contributed by atoms with Crippen LogP contribution in [-0.2, 0) is 12.8 Å². The molecule has 4 rings (SSSR count). The highest BCUT2D eigenvalue weighted by atomic mass is 16.2. The maximum Gasteiger partial charge on any atom is 0.276 e. The average molecular weight is 322 g/mol. The van der Waals surface area contributed by atoms with Crippen molar-refractivity contribution in [3.8, 4) is 0 Å². The smallest absolute Gasteiger partial charge is 0.276 e. The highest BCUT2D eigenvalue weighted by molar-refractivity contribution is 6.08. The van der Waals surface area contributed by atoms with Crippen molar-refractivity contribution in [2.75, 3.05) is 5.32 Å². The molecule has 6 nitrogen and oxygen atoms in total. The molecule has 1 amide bonds. The highest BCUT2D eigenvalue weighted by Gasteiger charge is 2.21. The minimum atomic E-state index is -0.276. The molecule has 2 N–H and O–H groups in total. The van der Waals surface area contributed by atoms with Crippen LogP contribution in [-0.4, -0.2) is 20.5 Å². The molecule has 1 aliphatic rings. The maximum atomic E-state index is 12.6. The molecule has 1 aromatic carbocycles. The van der Waals surface area contributed by atoms with E-state index in [2.05, 4.69) is 15.4 Å². The topological polar surface area (TPSA) is 79.3 Å². The highest BCUT2D eigenvalue weighted by Crippen LogP contribution is 2.19. The van der Waals surface area contributed by atoms with Gasteiger partial charge < -0.3 is 5.32 Å². The molecule has 0 fully saturated rings. The predicted molar refractivity (Wildman–Crippen MR) is 91.6 cm³/mol. The Morgan fingerprint density at radius 3 is 2.96 bits per heavy atom. The number of aryl methyl sites for hydroxylation is 2. The van der Waals surface area contributed by atoms with Crippen molar-refractivity contribution in [2.45, 2.75) is 32.6 Å². The van der Waals surface area contributed by atoms with Gasteiger partial charge in [0.05, 0.1) is 5.69 Å². The van der Waals surface area contributed by atoms with E-state index >= 15 is 0 Å². The van der Waals surface area contributed by atoms with Gasteiger partial charge in [-0.15, -0.1) is 0 Å². The Kier molecular flexibility index (Phi) is 3.45. The lowest BCUT2D eigenvalue weighted by molar-refractivity contribution is 0.102. The van der Waals surface area contributed by atoms with Crippen molar-refractivity contribution < 1.29 is 4.79 Å². The molecule has 0 aliphatic heterocycles. The summed E-state index contributed by atoms with van der Waals surface area (Å²) in [7, 11) is 0. The summed E-state index contributed by atoms with van der Waals surface area (Å²) in [5, 5.41) is 5.73. The van der Waals surface area contributed by atoms with Gasteiger partial charge in [-0.05, 0) is 50.3 Å². The Bertz CT molecular complexity index is 1000. The van der Waals surface area contributed by atoms with Crippen molar-refractivity contribution in [1.82, 2.24) is 14.6 Å². The molecule has 122 valence electrons. The molecule has 2 heterocycles. The fourth-order valence-corrected chi connectivity index (χ4v) is 3.23. The van der Waals surface area contributed by atoms with E-state index in [1.807, 2.05) is 31.2 Å². The standard InChI is InChI=1S/C18H18N4O2/c1-11-5-4-6-12(9-11)20-17(23)14-10-19-22-16(14)21-15-8-3-2-7-13(15)18(22)24/h4-6,9-10,19H,2-3,7-8H2,1H3,(H,20,23). The Morgan fingerprint density at radius 2 is 2.12 bits per heavy atom. The van der Waals surface area contributed by atoms with Crippen LogP contribution < -0.4 is 10.9 Å². The number of hydrogen-bond donors (Lipinski definition) is 2. The Morgan fingerprint density at radius 1 is 1.29 bits per heavy atom. The molecule has 6 heteroatoms. The number of carbonyl (C=O) groups excluding carboxylic acids is 1. The Balaban J connectivity index is 1.76. The summed E-state index contributed by atoms with van der Waals surface area (Å²) in [6.45, 7) is 1.97. The summed E-state index contributed by atoms with van der Waals surface area (Å²) in [6.07, 6.45) is 5.14. The zero-order valence-electron chi connectivity index (χ0n) is 13.4. The second-order valence-electron chi connectivity index (χ2n) is 6.22. The van der Waals surface area contributed by atoms with Gasteiger partial charge >= 0.3 is 0 Å². The summed E-state index contributed by atoms with van der Waals surface area (Å²) >= 11 is 0. The normalized spacial score (nSPS) is 13.7. The van der Waals surface area contributed by atoms with Crippen molar-refractivity contribution in [1.29, 1.82) is 0 Å². The molecule has 3 aromatic rings. The number of amides is 1. The van der Waals surface area contributed by atoms with E-state index in [0.717, 1.165) is 48.2 Å². The first-order valence-corrected chi connectivity index (χ1v) is 8.13. The van der Waals surface area contributed by atoms with Crippen molar-refractivity contribution in [2.24, 2.45) is 0 Å². The number of anilines is 1. The van der Waals surface area contributed by atoms with Crippen LogP contribution in [0.3, 0.4) is 0 Å². The first-order chi connectivity index (χ1) is 11.6. The van der Waals surface area contributed by atoms with Gasteiger partial charge in [-0.25, -0.2) is 9.50 Å². The minimum Gasteiger partial charge on any atom is -0.322 e. The van der Waals surface area contributed by atoms with Gasteiger partial charge in [0, 0.05) is 17.4 Å². The summed E-state index contributed by atoms with van der Waals surface area (Å²) in [5.74, 6) is -0.276. The third-order valence-corrected chi connectivity index (χ3v) is 4.45. The van der Waals surface area contributed by atoms with Gasteiger partial charge in [0.15, 0.2) is 5.65 Å². The molecule has 1 aliphatic carbocycles. The molecule has 0 radical (unpaired) electrons. The zero-order valence-corrected chi connectivity index (χ0v) is 13.4. The van der Waals surface area contributed by atoms with E-state index in [1.165, 1.54) is 4.52 Å². The predicted octanol–water partition coefficient (Wildman–Crippen LogP) is 2.46. The van der Waals surface area contributed by atoms with E-state index in [4.69, 9.17) is 0 Å². The molecule has 0 unspecified atom stereocenters. The fraction of sp³-hybridized carbons (Fsp3) is 0.278. The average Bonchev–Trinajstić information content (AvgIpc) is 2.99. The van der Waals surface area contributed by atoms with Crippen LogP contribution in [0.2, 0.25) is 0 Å². The van der Waals surface area contributed by atoms with Gasteiger partial charge in [0.25, 0.3) is 11.5 Å². The van der Waals surface area contributed by atoms with Gasteiger partial charge in [-0.1, -0.05) is 12.1 Å². The molecule has 0 bridgehead atoms. The van der Waals surface area contributed by atoms with Gasteiger partial charge in [-0.2, -0.15) is 0 Å². The third-order valence-electron chi connectivity index (χ3n) is 4.45. The molecular formula is C18H18N4O2. The summed E-state index contributed by atoms with van der Waals surface area (Å²) in [6, 6.07) is 7.59. The molecule has 2 aromatic heterocycles. The number of benzene rings is 1. The van der Waals surface area contributed by atoms with E-state index in [9.17, 15) is 9.59 Å². The quantitative estimate of drug-likeness (QED) is 0.760. The number of fused-ring (bicyclic) bond motifs is 2. The first-order valence-electron chi connectivity index (χ1n) is 8.13. The summed E-state index contributed by atoms with van der Waals surface area (Å²) in [4.78, 5) is 29.8. The van der Waals surface area contributed by atoms with E-state index in [1.54, 1.807) is 6.20 Å². The van der Waals surface area contributed by atoms with Gasteiger partial charge in [0.1, 0.15) is 5.56 Å². The second-order valence-corrected chi connectivity index (χ2v) is 6.22. The monoisotopic (exact) mass is 322 g/mol. The number of nitrogens with one attached hydrogen (secondary N) is 2. The van der Waals surface area contributed by atoms with E-state index < -0.39 is 0 Å². The molecule has 0 atom stereocenters. The number of carbonyl (C=O) groups is 1. The van der Waals surface area contributed by atoms with E-state index in [-0.39, 0.29) is 11.5 Å². The summed E-state index contributed by atoms with van der Waals surface area (Å²) in [5.41, 5.74) is 4.06. The van der Waals surface area contributed by atoms with Gasteiger partial charge in [-0.3, -0.25) is 14.7 Å². The first kappa shape index (κ1) is 14.7. The number of nitrogens with zero attached hydrogens (tertiary/aromatic N) is 2. The number of rotatable bonds is 2. The molecule has 0 saturated heterocycles. The lowest BCUT2D eigenvalue weighted by Gasteiger charge is -2.13. The second kappa shape index (κ2) is 5.63. The zero-order chi connectivity index (χ0) is 16.7. The molecular weight excluding hydrogens is 304 g/mol. The van der Waals surface area contributed by atoms with Crippen molar-refractivity contribution >= 4 is 17.2 Å². The minimum absolute atomic E-state index is 0.0932. The van der Waals surface area contributed by atoms with Crippen molar-refractivity contribution in [3.63, 3.8) is 0 Å². The number of H-pyrrole nitrogens is 1. The van der Waals surface area contributed by atoms with Gasteiger partial charge in [0.2, 0.25) is 0 Å².